The van der Waals surface area contributed by atoms with E-state index in [1.165, 1.54) is 122 Å². The summed E-state index contributed by atoms with van der Waals surface area (Å²) < 4.78 is 17.5. The van der Waals surface area contributed by atoms with Gasteiger partial charge in [-0.15, -0.1) is 0 Å². The number of nitrogens with one attached hydrogen (secondary N) is 1. The van der Waals surface area contributed by atoms with Gasteiger partial charge in [-0.2, -0.15) is 0 Å². The van der Waals surface area contributed by atoms with Gasteiger partial charge in [-0.1, -0.05) is 247 Å². The maximum atomic E-state index is 13.4. The number of unbranched alkanes of at least 4 members (excludes halogenated alkanes) is 26. The maximum absolute atomic E-state index is 13.4. The fourth-order valence-corrected chi connectivity index (χ4v) is 9.28. The van der Waals surface area contributed by atoms with E-state index in [2.05, 4.69) is 86.8 Å². The Labute approximate surface area is 470 Å². The van der Waals surface area contributed by atoms with Crippen LogP contribution in [0.2, 0.25) is 0 Å². The van der Waals surface area contributed by atoms with Gasteiger partial charge in [0.1, 0.15) is 24.4 Å². The molecule has 0 saturated carbocycles. The summed E-state index contributed by atoms with van der Waals surface area (Å²) in [6, 6.07) is -1.04. The molecular weight excluding hydrogens is 967 g/mol. The van der Waals surface area contributed by atoms with Crippen LogP contribution < -0.4 is 5.32 Å². The Balaban J connectivity index is 2.71. The molecule has 11 heteroatoms. The molecule has 1 heterocycles. The van der Waals surface area contributed by atoms with Crippen LogP contribution in [0, 0.1) is 0 Å². The standard InChI is InChI=1S/C66H115NO10/c1-4-7-10-13-16-19-22-25-26-27-28-29-30-31-32-33-36-38-41-44-47-50-53-59(70)65(74)67-57(58(69)52-49-46-43-40-37-34-23-20-17-14-11-8-5-2)56-75-66-64(63(73)62(72)60(55-68)76-66)77-61(71)54-51-48-45-42-39-35-24-21-18-15-12-9-6-3/h16,19,25-26,28-29,31-32,35,39,45,48-49,52,57-60,62-64,66,68-70,72-73H,4-15,17-18,20-24,27,30,33-34,36-38,40-44,46-47,50-51,53-56H2,1-3H3,(H,67,74)/b19-16-,26-25-,29-28-,32-31-,39-35-,48-45+,52-49+. The van der Waals surface area contributed by atoms with Crippen molar-refractivity contribution in [2.45, 2.75) is 307 Å². The predicted octanol–water partition coefficient (Wildman–Crippen LogP) is 14.9. The largest absolute Gasteiger partial charge is 0.454 e. The van der Waals surface area contributed by atoms with Crippen molar-refractivity contribution in [3.63, 3.8) is 0 Å². The van der Waals surface area contributed by atoms with Crippen LogP contribution in [0.3, 0.4) is 0 Å². The summed E-state index contributed by atoms with van der Waals surface area (Å²) in [7, 11) is 0. The Bertz CT molecular complexity index is 1570. The minimum atomic E-state index is -1.64. The summed E-state index contributed by atoms with van der Waals surface area (Å²) in [5.74, 6) is -1.28. The lowest BCUT2D eigenvalue weighted by molar-refractivity contribution is -0.305. The molecule has 1 rings (SSSR count). The first-order chi connectivity index (χ1) is 37.7. The number of rotatable bonds is 52. The van der Waals surface area contributed by atoms with Crippen LogP contribution in [0.25, 0.3) is 0 Å². The van der Waals surface area contributed by atoms with Crippen molar-refractivity contribution in [1.82, 2.24) is 5.32 Å². The molecule has 1 saturated heterocycles. The number of aliphatic hydroxyl groups is 5. The Morgan fingerprint density at radius 2 is 0.896 bits per heavy atom. The molecule has 6 N–H and O–H groups in total. The van der Waals surface area contributed by atoms with Gasteiger partial charge in [-0.3, -0.25) is 9.59 Å². The summed E-state index contributed by atoms with van der Waals surface area (Å²) in [5, 5.41) is 56.9. The molecule has 0 aliphatic carbocycles. The monoisotopic (exact) mass is 1080 g/mol. The first-order valence-corrected chi connectivity index (χ1v) is 31.4. The smallest absolute Gasteiger partial charge is 0.306 e. The quantitative estimate of drug-likeness (QED) is 0.0195. The normalized spacial score (nSPS) is 19.6. The highest BCUT2D eigenvalue weighted by Gasteiger charge is 2.47. The van der Waals surface area contributed by atoms with Crippen LogP contribution in [0.5, 0.6) is 0 Å². The summed E-state index contributed by atoms with van der Waals surface area (Å²) >= 11 is 0. The Kier molecular flexibility index (Phi) is 49.9. The second-order valence-electron chi connectivity index (χ2n) is 21.4. The van der Waals surface area contributed by atoms with Gasteiger partial charge in [0, 0.05) is 6.42 Å². The summed E-state index contributed by atoms with van der Waals surface area (Å²) in [5.41, 5.74) is 0. The van der Waals surface area contributed by atoms with E-state index < -0.39 is 67.4 Å². The fourth-order valence-electron chi connectivity index (χ4n) is 9.28. The Morgan fingerprint density at radius 1 is 0.506 bits per heavy atom. The fraction of sp³-hybridized carbons (Fsp3) is 0.758. The molecular formula is C66H115NO10. The van der Waals surface area contributed by atoms with Gasteiger partial charge in [-0.05, 0) is 89.9 Å². The van der Waals surface area contributed by atoms with Crippen LogP contribution in [-0.2, 0) is 23.8 Å². The molecule has 0 aromatic carbocycles. The molecule has 1 aliphatic heterocycles. The predicted molar refractivity (Wildman–Crippen MR) is 319 cm³/mol. The molecule has 11 nitrogen and oxygen atoms in total. The van der Waals surface area contributed by atoms with Gasteiger partial charge in [0.2, 0.25) is 5.91 Å². The van der Waals surface area contributed by atoms with Crippen LogP contribution in [-0.4, -0.2) is 99.6 Å². The zero-order chi connectivity index (χ0) is 56.1. The molecule has 0 spiro atoms. The minimum Gasteiger partial charge on any atom is -0.454 e. The maximum Gasteiger partial charge on any atom is 0.306 e. The van der Waals surface area contributed by atoms with E-state index in [-0.39, 0.29) is 19.4 Å². The lowest BCUT2D eigenvalue weighted by Crippen LogP contribution is -2.61. The van der Waals surface area contributed by atoms with E-state index >= 15 is 0 Å². The van der Waals surface area contributed by atoms with E-state index in [1.54, 1.807) is 6.08 Å². The van der Waals surface area contributed by atoms with Crippen molar-refractivity contribution in [3.05, 3.63) is 85.1 Å². The number of allylic oxidation sites excluding steroid dienone is 13. The number of aliphatic hydroxyl groups excluding tert-OH is 5. The summed E-state index contributed by atoms with van der Waals surface area (Å²) in [4.78, 5) is 26.5. The second kappa shape index (κ2) is 53.5. The lowest BCUT2D eigenvalue weighted by Gasteiger charge is -2.41. The summed E-state index contributed by atoms with van der Waals surface area (Å²) in [6.45, 7) is 5.71. The third-order valence-electron chi connectivity index (χ3n) is 14.3. The number of carbonyl (C=O) groups excluding carboxylic acids is 2. The molecule has 77 heavy (non-hydrogen) atoms. The van der Waals surface area contributed by atoms with Gasteiger partial charge in [0.15, 0.2) is 12.4 Å². The lowest BCUT2D eigenvalue weighted by atomic mass is 9.99. The van der Waals surface area contributed by atoms with Gasteiger partial charge in [0.05, 0.1) is 25.4 Å². The number of amides is 1. The van der Waals surface area contributed by atoms with Crippen molar-refractivity contribution in [1.29, 1.82) is 0 Å². The average Bonchev–Trinajstić information content (AvgIpc) is 3.43. The molecule has 0 bridgehead atoms. The third-order valence-corrected chi connectivity index (χ3v) is 14.3. The van der Waals surface area contributed by atoms with Crippen molar-refractivity contribution in [2.24, 2.45) is 0 Å². The van der Waals surface area contributed by atoms with Crippen molar-refractivity contribution in [3.8, 4) is 0 Å². The molecule has 8 atom stereocenters. The highest BCUT2D eigenvalue weighted by molar-refractivity contribution is 5.80. The van der Waals surface area contributed by atoms with Crippen molar-refractivity contribution in [2.75, 3.05) is 13.2 Å². The topological polar surface area (TPSA) is 175 Å². The van der Waals surface area contributed by atoms with E-state index in [0.717, 1.165) is 89.9 Å². The van der Waals surface area contributed by atoms with Crippen LogP contribution in [0.1, 0.15) is 258 Å². The molecule has 8 unspecified atom stereocenters. The Hall–Kier alpha value is -3.16. The average molecular weight is 1080 g/mol. The number of carbonyl (C=O) groups is 2. The highest BCUT2D eigenvalue weighted by atomic mass is 16.7. The second-order valence-corrected chi connectivity index (χ2v) is 21.4. The molecule has 444 valence electrons. The van der Waals surface area contributed by atoms with Crippen LogP contribution >= 0.6 is 0 Å². The minimum absolute atomic E-state index is 0.0133. The van der Waals surface area contributed by atoms with E-state index in [9.17, 15) is 35.1 Å². The van der Waals surface area contributed by atoms with Gasteiger partial charge < -0.3 is 45.1 Å². The first kappa shape index (κ1) is 71.9. The van der Waals surface area contributed by atoms with Crippen LogP contribution in [0.15, 0.2) is 85.1 Å². The van der Waals surface area contributed by atoms with E-state index in [1.807, 2.05) is 18.2 Å². The Morgan fingerprint density at radius 3 is 1.36 bits per heavy atom. The molecule has 0 aromatic rings. The molecule has 0 aromatic heterocycles. The number of esters is 1. The molecule has 1 fully saturated rings. The van der Waals surface area contributed by atoms with Gasteiger partial charge in [-0.25, -0.2) is 0 Å². The zero-order valence-corrected chi connectivity index (χ0v) is 49.1. The van der Waals surface area contributed by atoms with E-state index in [0.29, 0.717) is 12.8 Å². The SMILES string of the molecule is CCCCC/C=C\C/C=C\C/C=C\C/C=C\CCCCCCCCC(O)C(=O)NC(COC1OC(CO)C(O)C(O)C1OC(=O)CC/C=C/C/C=C\CCCCCCCC)C(O)/C=C/CCCCCCCCCCCCC. The summed E-state index contributed by atoms with van der Waals surface area (Å²) in [6.07, 6.45) is 59.2. The number of hydrogen-bond acceptors (Lipinski definition) is 10. The first-order valence-electron chi connectivity index (χ1n) is 31.4. The van der Waals surface area contributed by atoms with Crippen LogP contribution in [0.4, 0.5) is 0 Å². The third kappa shape index (κ3) is 41.5. The molecule has 1 aliphatic rings. The van der Waals surface area contributed by atoms with Gasteiger partial charge >= 0.3 is 5.97 Å². The van der Waals surface area contributed by atoms with Crippen molar-refractivity contribution < 1.29 is 49.3 Å². The number of ether oxygens (including phenoxy) is 3. The van der Waals surface area contributed by atoms with E-state index in [4.69, 9.17) is 14.2 Å². The number of hydrogen-bond donors (Lipinski definition) is 6. The molecule has 1 amide bonds. The van der Waals surface area contributed by atoms with Crippen molar-refractivity contribution >= 4 is 11.9 Å². The van der Waals surface area contributed by atoms with Gasteiger partial charge in [0.25, 0.3) is 0 Å². The zero-order valence-electron chi connectivity index (χ0n) is 49.1. The highest BCUT2D eigenvalue weighted by Crippen LogP contribution is 2.26. The molecule has 0 radical (unpaired) electrons.